The van der Waals surface area contributed by atoms with Gasteiger partial charge in [-0.15, -0.1) is 0 Å². The van der Waals surface area contributed by atoms with Gasteiger partial charge >= 0.3 is 7.32 Å². The smallest absolute Gasteiger partial charge is 0.402 e. The van der Waals surface area contributed by atoms with E-state index in [4.69, 9.17) is 35.5 Å². The van der Waals surface area contributed by atoms with Gasteiger partial charge in [0.1, 0.15) is 0 Å². The van der Waals surface area contributed by atoms with Gasteiger partial charge in [0.15, 0.2) is 0 Å². The molecule has 9 heteroatoms. The van der Waals surface area contributed by atoms with E-state index in [1.165, 1.54) is 0 Å². The van der Waals surface area contributed by atoms with Gasteiger partial charge in [0, 0.05) is 0 Å². The van der Waals surface area contributed by atoms with Crippen molar-refractivity contribution in [3.8, 4) is 0 Å². The van der Waals surface area contributed by atoms with Crippen LogP contribution in [0.2, 0.25) is 0 Å². The van der Waals surface area contributed by atoms with Gasteiger partial charge in [-0.2, -0.15) is 0 Å². The van der Waals surface area contributed by atoms with Crippen LogP contribution in [0.4, 0.5) is 0 Å². The molecule has 10 N–H and O–H groups in total. The molecule has 0 radical (unpaired) electrons. The van der Waals surface area contributed by atoms with E-state index < -0.39 is 39.2 Å². The molecule has 0 aromatic rings. The lowest BCUT2D eigenvalue weighted by Gasteiger charge is -2.23. The van der Waals surface area contributed by atoms with E-state index in [0.29, 0.717) is 0 Å². The summed E-state index contributed by atoms with van der Waals surface area (Å²) in [5.41, 5.74) is -1.11. The number of rotatable bonds is 4. The van der Waals surface area contributed by atoms with E-state index in [-0.39, 0.29) is 6.15 Å². The summed E-state index contributed by atoms with van der Waals surface area (Å²) in [5, 5.41) is 55.5. The first-order chi connectivity index (χ1) is 5.97. The van der Waals surface area contributed by atoms with Crippen molar-refractivity contribution in [1.29, 1.82) is 0 Å². The minimum atomic E-state index is -2.17. The Morgan fingerprint density at radius 1 is 0.714 bits per heavy atom. The van der Waals surface area contributed by atoms with Crippen LogP contribution < -0.4 is 6.15 Å². The lowest BCUT2D eigenvalue weighted by molar-refractivity contribution is -0.0328. The molecule has 0 heterocycles. The molecule has 0 aromatic carbocycles. The van der Waals surface area contributed by atoms with Gasteiger partial charge in [0.05, 0.1) is 31.8 Å². The average Bonchev–Trinajstić information content (AvgIpc) is 2.09. The number of hydrogen-bond donors (Lipinski definition) is 8. The van der Waals surface area contributed by atoms with Crippen LogP contribution in [0.3, 0.4) is 0 Å². The van der Waals surface area contributed by atoms with Crippen molar-refractivity contribution in [2.24, 2.45) is 5.41 Å². The topological polar surface area (TPSA) is 177 Å². The van der Waals surface area contributed by atoms with Crippen LogP contribution >= 0.6 is 0 Å². The fourth-order valence-corrected chi connectivity index (χ4v) is 0.300. The van der Waals surface area contributed by atoms with Gasteiger partial charge in [-0.1, -0.05) is 0 Å². The van der Waals surface area contributed by atoms with Crippen LogP contribution in [0, 0.1) is 5.41 Å². The molecule has 0 aliphatic carbocycles. The molecule has 0 bridgehead atoms. The molecule has 0 atom stereocenters. The van der Waals surface area contributed by atoms with Crippen molar-refractivity contribution in [2.75, 3.05) is 26.4 Å². The van der Waals surface area contributed by atoms with Gasteiger partial charge in [-0.25, -0.2) is 0 Å². The molecule has 88 valence electrons. The average molecular weight is 215 g/mol. The summed E-state index contributed by atoms with van der Waals surface area (Å²) >= 11 is 0. The van der Waals surface area contributed by atoms with Crippen molar-refractivity contribution in [1.82, 2.24) is 6.15 Å². The molecule has 0 amide bonds. The summed E-state index contributed by atoms with van der Waals surface area (Å²) < 4.78 is 0. The molecule has 0 rings (SSSR count). The monoisotopic (exact) mass is 215 g/mol. The van der Waals surface area contributed by atoms with Gasteiger partial charge < -0.3 is 41.6 Å². The summed E-state index contributed by atoms with van der Waals surface area (Å²) in [6.07, 6.45) is 0. The number of aliphatic hydroxyl groups excluding tert-OH is 4. The van der Waals surface area contributed by atoms with Crippen molar-refractivity contribution in [3.63, 3.8) is 0 Å². The van der Waals surface area contributed by atoms with E-state index in [1.807, 2.05) is 0 Å². The Kier molecular flexibility index (Phi) is 15.0. The van der Waals surface area contributed by atoms with Gasteiger partial charge in [-0.05, 0) is 0 Å². The van der Waals surface area contributed by atoms with Crippen LogP contribution in [0.15, 0.2) is 0 Å². The lowest BCUT2D eigenvalue weighted by atomic mass is 9.93. The van der Waals surface area contributed by atoms with Crippen LogP contribution in [-0.2, 0) is 0 Å². The normalized spacial score (nSPS) is 9.64. The molecule has 0 aliphatic heterocycles. The standard InChI is InChI=1S/C5H12O4.BH3O3.H3N/c6-1-5(2-7,3-8)4-9;2-1(3)4;/h6-9H,1-4H2;2-4H;1H3. The molecular formula is C5H18BNO7. The van der Waals surface area contributed by atoms with E-state index in [2.05, 4.69) is 0 Å². The maximum atomic E-state index is 8.50. The SMILES string of the molecule is N.OB(O)O.OCC(CO)(CO)CO. The maximum absolute atomic E-state index is 8.50. The molecular weight excluding hydrogens is 197 g/mol. The Morgan fingerprint density at radius 2 is 0.857 bits per heavy atom. The van der Waals surface area contributed by atoms with Gasteiger partial charge in [-0.3, -0.25) is 0 Å². The minimum absolute atomic E-state index is 0. The molecule has 0 fully saturated rings. The Bertz CT molecular complexity index is 90.0. The van der Waals surface area contributed by atoms with Crippen LogP contribution in [0.5, 0.6) is 0 Å². The third-order valence-electron chi connectivity index (χ3n) is 1.34. The zero-order chi connectivity index (χ0) is 10.9. The van der Waals surface area contributed by atoms with Crippen LogP contribution in [0.1, 0.15) is 0 Å². The van der Waals surface area contributed by atoms with E-state index in [0.717, 1.165) is 0 Å². The molecule has 0 aliphatic rings. The van der Waals surface area contributed by atoms with E-state index in [9.17, 15) is 0 Å². The highest BCUT2D eigenvalue weighted by molar-refractivity contribution is 6.30. The fraction of sp³-hybridized carbons (Fsp3) is 1.00. The van der Waals surface area contributed by atoms with Crippen molar-refractivity contribution in [2.45, 2.75) is 0 Å². The van der Waals surface area contributed by atoms with Gasteiger partial charge in [0.25, 0.3) is 0 Å². The molecule has 0 saturated carbocycles. The maximum Gasteiger partial charge on any atom is 0.631 e. The molecule has 0 saturated heterocycles. The first-order valence-corrected chi connectivity index (χ1v) is 3.45. The lowest BCUT2D eigenvalue weighted by Crippen LogP contribution is -2.37. The first-order valence-electron chi connectivity index (χ1n) is 3.45. The zero-order valence-corrected chi connectivity index (χ0v) is 7.74. The Morgan fingerprint density at radius 3 is 0.857 bits per heavy atom. The highest BCUT2D eigenvalue weighted by Gasteiger charge is 2.26. The second-order valence-electron chi connectivity index (χ2n) is 2.48. The number of aliphatic hydroxyl groups is 4. The van der Waals surface area contributed by atoms with Crippen molar-refractivity contribution < 1.29 is 35.5 Å². The van der Waals surface area contributed by atoms with Crippen LogP contribution in [-0.4, -0.2) is 69.2 Å². The Balaban J connectivity index is -0.000000209. The quantitative estimate of drug-likeness (QED) is 0.219. The summed E-state index contributed by atoms with van der Waals surface area (Å²) in [5.74, 6) is 0. The molecule has 0 spiro atoms. The third-order valence-corrected chi connectivity index (χ3v) is 1.34. The summed E-state index contributed by atoms with van der Waals surface area (Å²) in [6.45, 7) is -1.62. The number of hydrogen-bond acceptors (Lipinski definition) is 8. The first kappa shape index (κ1) is 19.3. The van der Waals surface area contributed by atoms with Crippen molar-refractivity contribution in [3.05, 3.63) is 0 Å². The highest BCUT2D eigenvalue weighted by Crippen LogP contribution is 2.11. The third kappa shape index (κ3) is 9.83. The zero-order valence-electron chi connectivity index (χ0n) is 7.74. The second-order valence-corrected chi connectivity index (χ2v) is 2.48. The molecule has 8 nitrogen and oxygen atoms in total. The highest BCUT2D eigenvalue weighted by atomic mass is 16.5. The fourth-order valence-electron chi connectivity index (χ4n) is 0.300. The molecule has 0 unspecified atom stereocenters. The second kappa shape index (κ2) is 10.8. The Hall–Kier alpha value is -0.255. The minimum Gasteiger partial charge on any atom is -0.402 e. The van der Waals surface area contributed by atoms with E-state index in [1.54, 1.807) is 0 Å². The van der Waals surface area contributed by atoms with Crippen LogP contribution in [0.25, 0.3) is 0 Å². The largest absolute Gasteiger partial charge is 0.631 e. The Labute approximate surface area is 81.8 Å². The summed E-state index contributed by atoms with van der Waals surface area (Å²) in [4.78, 5) is 0. The molecule has 0 aromatic heterocycles. The summed E-state index contributed by atoms with van der Waals surface area (Å²) in [7, 11) is -2.17. The predicted octanol–water partition coefficient (Wildman–Crippen LogP) is -3.95. The predicted molar refractivity (Wildman–Crippen MR) is 48.2 cm³/mol. The summed E-state index contributed by atoms with van der Waals surface area (Å²) in [6, 6.07) is 0. The molecule has 14 heavy (non-hydrogen) atoms. The van der Waals surface area contributed by atoms with E-state index >= 15 is 0 Å². The van der Waals surface area contributed by atoms with Crippen molar-refractivity contribution >= 4 is 7.32 Å². The van der Waals surface area contributed by atoms with Gasteiger partial charge in [0.2, 0.25) is 0 Å².